The minimum atomic E-state index is -1.06. The lowest BCUT2D eigenvalue weighted by atomic mass is 9.79. The summed E-state index contributed by atoms with van der Waals surface area (Å²) in [5.74, 6) is -0.328. The molecule has 2 unspecified atom stereocenters. The fraction of sp³-hybridized carbons (Fsp3) is 0.857. The molecular weight excluding hydrogens is 246 g/mol. The van der Waals surface area contributed by atoms with Crippen LogP contribution in [0.5, 0.6) is 0 Å². The molecule has 110 valence electrons. The lowest BCUT2D eigenvalue weighted by Crippen LogP contribution is -2.44. The number of hydrogen-bond acceptors (Lipinski definition) is 3. The third-order valence-corrected chi connectivity index (χ3v) is 3.93. The van der Waals surface area contributed by atoms with Gasteiger partial charge in [-0.2, -0.15) is 0 Å². The van der Waals surface area contributed by atoms with Gasteiger partial charge in [0.15, 0.2) is 6.04 Å². The number of nitrogens with one attached hydrogen (secondary N) is 1. The Morgan fingerprint density at radius 1 is 1.32 bits per heavy atom. The quantitative estimate of drug-likeness (QED) is 0.740. The summed E-state index contributed by atoms with van der Waals surface area (Å²) in [4.78, 5) is 22.8. The monoisotopic (exact) mass is 271 g/mol. The van der Waals surface area contributed by atoms with E-state index in [0.717, 1.165) is 0 Å². The van der Waals surface area contributed by atoms with Crippen molar-refractivity contribution in [3.8, 4) is 0 Å². The highest BCUT2D eigenvalue weighted by atomic mass is 16.5. The second-order valence-corrected chi connectivity index (χ2v) is 5.49. The van der Waals surface area contributed by atoms with Gasteiger partial charge in [-0.1, -0.05) is 39.0 Å². The maximum atomic E-state index is 11.9. The maximum Gasteiger partial charge on any atom is 0.328 e. The van der Waals surface area contributed by atoms with E-state index in [4.69, 9.17) is 9.84 Å². The van der Waals surface area contributed by atoms with Crippen molar-refractivity contribution in [2.45, 2.75) is 51.5 Å². The van der Waals surface area contributed by atoms with Crippen molar-refractivity contribution in [2.75, 3.05) is 13.7 Å². The van der Waals surface area contributed by atoms with Crippen LogP contribution in [0.1, 0.15) is 45.4 Å². The molecule has 2 N–H and O–H groups in total. The Labute approximate surface area is 114 Å². The molecule has 0 heterocycles. The number of aliphatic carboxylic acids is 1. The van der Waals surface area contributed by atoms with Gasteiger partial charge in [0, 0.05) is 13.5 Å². The number of carboxylic acids is 1. The van der Waals surface area contributed by atoms with Gasteiger partial charge in [0.2, 0.25) is 5.91 Å². The van der Waals surface area contributed by atoms with Crippen molar-refractivity contribution >= 4 is 11.9 Å². The molecule has 1 aliphatic carbocycles. The van der Waals surface area contributed by atoms with E-state index in [1.54, 1.807) is 0 Å². The number of carbonyl (C=O) groups excluding carboxylic acids is 1. The standard InChI is InChI=1S/C14H25NO4/c1-10(11-6-4-3-5-7-11)8-13(16)15-12(9-19-2)14(17)18/h10-12H,3-9H2,1-2H3,(H,15,16)(H,17,18). The van der Waals surface area contributed by atoms with Gasteiger partial charge in [0.1, 0.15) is 0 Å². The molecule has 0 radical (unpaired) electrons. The summed E-state index contributed by atoms with van der Waals surface area (Å²) in [6.45, 7) is 2.08. The molecule has 0 aromatic heterocycles. The first kappa shape index (κ1) is 16.0. The van der Waals surface area contributed by atoms with Gasteiger partial charge < -0.3 is 15.2 Å². The minimum Gasteiger partial charge on any atom is -0.480 e. The summed E-state index contributed by atoms with van der Waals surface area (Å²) in [7, 11) is 1.42. The van der Waals surface area contributed by atoms with E-state index in [1.807, 2.05) is 0 Å². The van der Waals surface area contributed by atoms with Crippen LogP contribution in [-0.4, -0.2) is 36.7 Å². The second-order valence-electron chi connectivity index (χ2n) is 5.49. The third kappa shape index (κ3) is 5.59. The molecule has 1 saturated carbocycles. The molecule has 0 saturated heterocycles. The van der Waals surface area contributed by atoms with Crippen molar-refractivity contribution in [1.29, 1.82) is 0 Å². The predicted molar refractivity (Wildman–Crippen MR) is 71.8 cm³/mol. The molecule has 1 fully saturated rings. The number of amides is 1. The summed E-state index contributed by atoms with van der Waals surface area (Å²) in [5.41, 5.74) is 0. The smallest absolute Gasteiger partial charge is 0.328 e. The highest BCUT2D eigenvalue weighted by Crippen LogP contribution is 2.31. The average molecular weight is 271 g/mol. The molecule has 19 heavy (non-hydrogen) atoms. The lowest BCUT2D eigenvalue weighted by molar-refractivity contribution is -0.143. The van der Waals surface area contributed by atoms with E-state index in [0.29, 0.717) is 18.3 Å². The summed E-state index contributed by atoms with van der Waals surface area (Å²) < 4.78 is 4.79. The van der Waals surface area contributed by atoms with Gasteiger partial charge in [-0.3, -0.25) is 4.79 Å². The van der Waals surface area contributed by atoms with Crippen LogP contribution in [0.4, 0.5) is 0 Å². The zero-order chi connectivity index (χ0) is 14.3. The molecule has 0 aromatic rings. The highest BCUT2D eigenvalue weighted by molar-refractivity contribution is 5.83. The molecule has 1 rings (SSSR count). The van der Waals surface area contributed by atoms with Gasteiger partial charge in [0.05, 0.1) is 6.61 Å². The zero-order valence-electron chi connectivity index (χ0n) is 11.9. The first-order chi connectivity index (χ1) is 9.04. The third-order valence-electron chi connectivity index (χ3n) is 3.93. The Kier molecular flexibility index (Phi) is 6.84. The van der Waals surface area contributed by atoms with Gasteiger partial charge >= 0.3 is 5.97 Å². The number of rotatable bonds is 7. The molecule has 0 aromatic carbocycles. The lowest BCUT2D eigenvalue weighted by Gasteiger charge is -2.27. The normalized spacial score (nSPS) is 19.7. The number of ether oxygens (including phenoxy) is 1. The molecule has 1 aliphatic rings. The van der Waals surface area contributed by atoms with Gasteiger partial charge in [-0.15, -0.1) is 0 Å². The molecule has 0 bridgehead atoms. The molecule has 0 aliphatic heterocycles. The second kappa shape index (κ2) is 8.15. The van der Waals surface area contributed by atoms with E-state index >= 15 is 0 Å². The van der Waals surface area contributed by atoms with Crippen molar-refractivity contribution < 1.29 is 19.4 Å². The summed E-state index contributed by atoms with van der Waals surface area (Å²) in [5, 5.41) is 11.5. The van der Waals surface area contributed by atoms with Gasteiger partial charge in [-0.25, -0.2) is 4.79 Å². The molecule has 2 atom stereocenters. The predicted octanol–water partition coefficient (Wildman–Crippen LogP) is 1.81. The van der Waals surface area contributed by atoms with Crippen molar-refractivity contribution in [2.24, 2.45) is 11.8 Å². The van der Waals surface area contributed by atoms with Crippen LogP contribution in [0.3, 0.4) is 0 Å². The van der Waals surface area contributed by atoms with Crippen molar-refractivity contribution in [3.63, 3.8) is 0 Å². The first-order valence-corrected chi connectivity index (χ1v) is 7.05. The SMILES string of the molecule is COCC(NC(=O)CC(C)C1CCCCC1)C(=O)O. The molecule has 5 heteroatoms. The van der Waals surface area contributed by atoms with Crippen LogP contribution in [0.25, 0.3) is 0 Å². The molecule has 0 spiro atoms. The fourth-order valence-corrected chi connectivity index (χ4v) is 2.76. The van der Waals surface area contributed by atoms with Crippen LogP contribution >= 0.6 is 0 Å². The minimum absolute atomic E-state index is 0.00111. The zero-order valence-corrected chi connectivity index (χ0v) is 11.9. The average Bonchev–Trinajstić information content (AvgIpc) is 2.39. The molecule has 5 nitrogen and oxygen atoms in total. The summed E-state index contributed by atoms with van der Waals surface area (Å²) in [6.07, 6.45) is 6.57. The van der Waals surface area contributed by atoms with E-state index < -0.39 is 12.0 Å². The molecular formula is C14H25NO4. The Morgan fingerprint density at radius 3 is 2.47 bits per heavy atom. The number of carbonyl (C=O) groups is 2. The Bertz CT molecular complexity index is 300. The first-order valence-electron chi connectivity index (χ1n) is 7.05. The topological polar surface area (TPSA) is 75.6 Å². The van der Waals surface area contributed by atoms with Crippen LogP contribution in [-0.2, 0) is 14.3 Å². The number of hydrogen-bond donors (Lipinski definition) is 2. The van der Waals surface area contributed by atoms with Crippen LogP contribution in [0.2, 0.25) is 0 Å². The summed E-state index contributed by atoms with van der Waals surface area (Å²) >= 11 is 0. The largest absolute Gasteiger partial charge is 0.480 e. The van der Waals surface area contributed by atoms with E-state index in [9.17, 15) is 9.59 Å². The van der Waals surface area contributed by atoms with Crippen molar-refractivity contribution in [3.05, 3.63) is 0 Å². The van der Waals surface area contributed by atoms with E-state index in [-0.39, 0.29) is 12.5 Å². The van der Waals surface area contributed by atoms with E-state index in [1.165, 1.54) is 39.2 Å². The van der Waals surface area contributed by atoms with Crippen LogP contribution in [0.15, 0.2) is 0 Å². The van der Waals surface area contributed by atoms with Gasteiger partial charge in [-0.05, 0) is 11.8 Å². The van der Waals surface area contributed by atoms with Crippen molar-refractivity contribution in [1.82, 2.24) is 5.32 Å². The molecule has 1 amide bonds. The van der Waals surface area contributed by atoms with Crippen LogP contribution < -0.4 is 5.32 Å². The Hall–Kier alpha value is -1.10. The Morgan fingerprint density at radius 2 is 1.95 bits per heavy atom. The highest BCUT2D eigenvalue weighted by Gasteiger charge is 2.25. The van der Waals surface area contributed by atoms with Gasteiger partial charge in [0.25, 0.3) is 0 Å². The number of methoxy groups -OCH3 is 1. The number of carboxylic acid groups (broad SMARTS) is 1. The van der Waals surface area contributed by atoms with Crippen LogP contribution in [0, 0.1) is 11.8 Å². The fourth-order valence-electron chi connectivity index (χ4n) is 2.76. The Balaban J connectivity index is 2.38. The van der Waals surface area contributed by atoms with E-state index in [2.05, 4.69) is 12.2 Å². The maximum absolute atomic E-state index is 11.9. The summed E-state index contributed by atoms with van der Waals surface area (Å²) in [6, 6.07) is -0.948.